The number of aromatic nitrogens is 2. The lowest BCUT2D eigenvalue weighted by Gasteiger charge is -1.99. The summed E-state index contributed by atoms with van der Waals surface area (Å²) in [6.45, 7) is 0.506. The molecule has 1 aromatic carbocycles. The van der Waals surface area contributed by atoms with E-state index < -0.39 is 0 Å². The molecule has 1 aliphatic heterocycles. The second-order valence-corrected chi connectivity index (χ2v) is 3.60. The van der Waals surface area contributed by atoms with Crippen LogP contribution < -0.4 is 5.69 Å². The summed E-state index contributed by atoms with van der Waals surface area (Å²) in [4.78, 5) is 19.6. The van der Waals surface area contributed by atoms with Gasteiger partial charge in [0.25, 0.3) is 0 Å². The van der Waals surface area contributed by atoms with Gasteiger partial charge in [-0.3, -0.25) is 4.57 Å². The molecule has 0 atom stereocenters. The Kier molecular flexibility index (Phi) is 1.93. The standard InChI is InChI=1S/C12H9N3O/c16-12-13-7-6-11-14-10(8-15(11)12)9-4-2-1-3-5-9/h1-7H,8H2. The van der Waals surface area contributed by atoms with Crippen LogP contribution in [-0.4, -0.2) is 15.3 Å². The minimum atomic E-state index is -0.243. The molecule has 3 rings (SSSR count). The van der Waals surface area contributed by atoms with Gasteiger partial charge in [-0.25, -0.2) is 14.8 Å². The van der Waals surface area contributed by atoms with E-state index in [4.69, 9.17) is 0 Å². The third kappa shape index (κ3) is 1.35. The van der Waals surface area contributed by atoms with Crippen molar-refractivity contribution in [2.24, 2.45) is 4.99 Å². The number of hydrogen-bond acceptors (Lipinski definition) is 3. The van der Waals surface area contributed by atoms with Crippen molar-refractivity contribution >= 4 is 11.5 Å². The summed E-state index contributed by atoms with van der Waals surface area (Å²) in [6.07, 6.45) is 1.49. The second-order valence-electron chi connectivity index (χ2n) is 3.60. The largest absolute Gasteiger partial charge is 0.349 e. The van der Waals surface area contributed by atoms with Gasteiger partial charge in [0.05, 0.1) is 12.3 Å². The Morgan fingerprint density at radius 1 is 1.12 bits per heavy atom. The van der Waals surface area contributed by atoms with Gasteiger partial charge in [-0.15, -0.1) is 0 Å². The minimum Gasteiger partial charge on any atom is -0.270 e. The van der Waals surface area contributed by atoms with Gasteiger partial charge in [-0.1, -0.05) is 30.3 Å². The number of rotatable bonds is 1. The molecular weight excluding hydrogens is 202 g/mol. The highest BCUT2D eigenvalue weighted by molar-refractivity contribution is 6.03. The molecule has 0 saturated heterocycles. The van der Waals surface area contributed by atoms with E-state index >= 15 is 0 Å². The monoisotopic (exact) mass is 211 g/mol. The highest BCUT2D eigenvalue weighted by atomic mass is 16.1. The number of fused-ring (bicyclic) bond motifs is 1. The van der Waals surface area contributed by atoms with E-state index in [0.29, 0.717) is 12.4 Å². The highest BCUT2D eigenvalue weighted by Crippen LogP contribution is 2.18. The van der Waals surface area contributed by atoms with Crippen LogP contribution in [0.2, 0.25) is 0 Å². The van der Waals surface area contributed by atoms with Crippen LogP contribution in [0.4, 0.5) is 5.82 Å². The summed E-state index contributed by atoms with van der Waals surface area (Å²) in [5.41, 5.74) is 1.71. The van der Waals surface area contributed by atoms with E-state index in [2.05, 4.69) is 9.98 Å². The zero-order valence-corrected chi connectivity index (χ0v) is 8.50. The van der Waals surface area contributed by atoms with Crippen LogP contribution in [0.15, 0.2) is 52.4 Å². The first-order valence-corrected chi connectivity index (χ1v) is 5.03. The molecule has 0 amide bonds. The molecule has 4 heteroatoms. The van der Waals surface area contributed by atoms with E-state index in [9.17, 15) is 4.79 Å². The van der Waals surface area contributed by atoms with Crippen molar-refractivity contribution < 1.29 is 0 Å². The first-order chi connectivity index (χ1) is 7.84. The summed E-state index contributed by atoms with van der Waals surface area (Å²) in [6, 6.07) is 11.6. The predicted molar refractivity (Wildman–Crippen MR) is 61.1 cm³/mol. The molecule has 16 heavy (non-hydrogen) atoms. The van der Waals surface area contributed by atoms with Crippen LogP contribution in [0.1, 0.15) is 5.56 Å². The molecule has 0 fully saturated rings. The minimum absolute atomic E-state index is 0.243. The summed E-state index contributed by atoms with van der Waals surface area (Å²) in [7, 11) is 0. The van der Waals surface area contributed by atoms with E-state index in [1.54, 1.807) is 10.6 Å². The van der Waals surface area contributed by atoms with Crippen molar-refractivity contribution in [1.29, 1.82) is 0 Å². The van der Waals surface area contributed by atoms with Crippen molar-refractivity contribution in [3.8, 4) is 0 Å². The van der Waals surface area contributed by atoms with Crippen molar-refractivity contribution in [2.75, 3.05) is 0 Å². The molecule has 0 bridgehead atoms. The Hall–Kier alpha value is -2.23. The Labute approximate surface area is 91.9 Å². The van der Waals surface area contributed by atoms with Crippen LogP contribution in [0.5, 0.6) is 0 Å². The van der Waals surface area contributed by atoms with Gasteiger partial charge in [0.15, 0.2) is 0 Å². The van der Waals surface area contributed by atoms with E-state index in [-0.39, 0.29) is 5.69 Å². The molecule has 1 aliphatic rings. The van der Waals surface area contributed by atoms with Crippen molar-refractivity contribution in [1.82, 2.24) is 9.55 Å². The molecule has 0 N–H and O–H groups in total. The molecule has 0 unspecified atom stereocenters. The van der Waals surface area contributed by atoms with Crippen LogP contribution >= 0.6 is 0 Å². The molecule has 2 heterocycles. The van der Waals surface area contributed by atoms with Crippen LogP contribution in [0.3, 0.4) is 0 Å². The topological polar surface area (TPSA) is 47.2 Å². The summed E-state index contributed by atoms with van der Waals surface area (Å²) in [5.74, 6) is 0.679. The smallest absolute Gasteiger partial charge is 0.270 e. The lowest BCUT2D eigenvalue weighted by atomic mass is 10.1. The number of benzene rings is 1. The van der Waals surface area contributed by atoms with E-state index in [0.717, 1.165) is 11.3 Å². The molecule has 78 valence electrons. The van der Waals surface area contributed by atoms with E-state index in [1.165, 1.54) is 6.20 Å². The Morgan fingerprint density at radius 2 is 1.94 bits per heavy atom. The van der Waals surface area contributed by atoms with Gasteiger partial charge in [-0.05, 0) is 11.6 Å². The normalized spacial score (nSPS) is 13.4. The molecule has 4 nitrogen and oxygen atoms in total. The average molecular weight is 211 g/mol. The Balaban J connectivity index is 2.07. The van der Waals surface area contributed by atoms with Gasteiger partial charge in [0.2, 0.25) is 0 Å². The van der Waals surface area contributed by atoms with Crippen molar-refractivity contribution in [2.45, 2.75) is 6.54 Å². The number of aliphatic imine (C=N–C) groups is 1. The SMILES string of the molecule is O=c1nccc2n1CC(c1ccccc1)=N2. The van der Waals surface area contributed by atoms with Gasteiger partial charge in [0.1, 0.15) is 5.82 Å². The molecule has 0 aliphatic carbocycles. The fourth-order valence-corrected chi connectivity index (χ4v) is 1.78. The Bertz CT molecular complexity index is 614. The highest BCUT2D eigenvalue weighted by Gasteiger charge is 2.16. The van der Waals surface area contributed by atoms with E-state index in [1.807, 2.05) is 30.3 Å². The molecular formula is C12H9N3O. The molecule has 2 aromatic rings. The predicted octanol–water partition coefficient (Wildman–Crippen LogP) is 1.38. The van der Waals surface area contributed by atoms with Crippen LogP contribution in [-0.2, 0) is 6.54 Å². The molecule has 0 saturated carbocycles. The van der Waals surface area contributed by atoms with Gasteiger partial charge in [0, 0.05) is 6.20 Å². The lowest BCUT2D eigenvalue weighted by Crippen LogP contribution is -2.22. The van der Waals surface area contributed by atoms with Gasteiger partial charge >= 0.3 is 5.69 Å². The maximum atomic E-state index is 11.5. The maximum absolute atomic E-state index is 11.5. The fourth-order valence-electron chi connectivity index (χ4n) is 1.78. The first-order valence-electron chi connectivity index (χ1n) is 5.03. The van der Waals surface area contributed by atoms with Crippen LogP contribution in [0, 0.1) is 0 Å². The summed E-state index contributed by atoms with van der Waals surface area (Å²) >= 11 is 0. The zero-order chi connectivity index (χ0) is 11.0. The molecule has 0 radical (unpaired) electrons. The summed E-state index contributed by atoms with van der Waals surface area (Å²) < 4.78 is 1.57. The maximum Gasteiger partial charge on any atom is 0.349 e. The van der Waals surface area contributed by atoms with Crippen molar-refractivity contribution in [3.05, 3.63) is 58.6 Å². The quantitative estimate of drug-likeness (QED) is 0.715. The summed E-state index contributed by atoms with van der Waals surface area (Å²) in [5, 5.41) is 0. The van der Waals surface area contributed by atoms with Crippen LogP contribution in [0.25, 0.3) is 0 Å². The third-order valence-electron chi connectivity index (χ3n) is 2.58. The fraction of sp³-hybridized carbons (Fsp3) is 0.0833. The van der Waals surface area contributed by atoms with Gasteiger partial charge < -0.3 is 0 Å². The first kappa shape index (κ1) is 9.03. The van der Waals surface area contributed by atoms with Gasteiger partial charge in [-0.2, -0.15) is 0 Å². The second kappa shape index (κ2) is 3.41. The van der Waals surface area contributed by atoms with Crippen molar-refractivity contribution in [3.63, 3.8) is 0 Å². The number of nitrogens with zero attached hydrogens (tertiary/aromatic N) is 3. The molecule has 1 aromatic heterocycles. The Morgan fingerprint density at radius 3 is 2.69 bits per heavy atom. The zero-order valence-electron chi connectivity index (χ0n) is 8.50. The molecule has 0 spiro atoms. The number of hydrogen-bond donors (Lipinski definition) is 0. The lowest BCUT2D eigenvalue weighted by molar-refractivity contribution is 0.798. The third-order valence-corrected chi connectivity index (χ3v) is 2.58. The average Bonchev–Trinajstić information content (AvgIpc) is 2.76.